The first-order chi connectivity index (χ1) is 8.54. The van der Waals surface area contributed by atoms with E-state index in [1.165, 1.54) is 0 Å². The Morgan fingerprint density at radius 1 is 1.50 bits per heavy atom. The van der Waals surface area contributed by atoms with Gasteiger partial charge in [0.25, 0.3) is 0 Å². The molecule has 1 aromatic carbocycles. The van der Waals surface area contributed by atoms with Gasteiger partial charge in [-0.15, -0.1) is 0 Å². The molecule has 1 aliphatic heterocycles. The van der Waals surface area contributed by atoms with Gasteiger partial charge in [0.15, 0.2) is 5.78 Å². The first-order valence-corrected chi connectivity index (χ1v) is 6.29. The second kappa shape index (κ2) is 4.98. The summed E-state index contributed by atoms with van der Waals surface area (Å²) in [4.78, 5) is 13.6. The lowest BCUT2D eigenvalue weighted by Crippen LogP contribution is -2.46. The highest BCUT2D eigenvalue weighted by molar-refractivity contribution is 5.95. The van der Waals surface area contributed by atoms with E-state index in [2.05, 4.69) is 11.8 Å². The van der Waals surface area contributed by atoms with Crippen LogP contribution in [0.3, 0.4) is 0 Å². The standard InChI is InChI=1S/C14H20N2O2/c1-9-13(6-7-15)18-14-5-4-11(10(2)17)8-12(14)16(9)3/h4-5,8-9,13H,6-7,15H2,1-3H3. The number of anilines is 1. The maximum Gasteiger partial charge on any atom is 0.159 e. The van der Waals surface area contributed by atoms with Crippen LogP contribution in [0.2, 0.25) is 0 Å². The summed E-state index contributed by atoms with van der Waals surface area (Å²) in [5.41, 5.74) is 7.30. The van der Waals surface area contributed by atoms with Crippen molar-refractivity contribution in [1.29, 1.82) is 0 Å². The highest BCUT2D eigenvalue weighted by Crippen LogP contribution is 2.36. The zero-order chi connectivity index (χ0) is 13.3. The van der Waals surface area contributed by atoms with E-state index in [0.717, 1.165) is 17.9 Å². The first kappa shape index (κ1) is 12.9. The predicted octanol–water partition coefficient (Wildman–Crippen LogP) is 1.82. The maximum atomic E-state index is 11.4. The average Bonchev–Trinajstić information content (AvgIpc) is 2.35. The van der Waals surface area contributed by atoms with Crippen LogP contribution in [0.1, 0.15) is 30.6 Å². The van der Waals surface area contributed by atoms with Crippen molar-refractivity contribution in [3.63, 3.8) is 0 Å². The van der Waals surface area contributed by atoms with Crippen molar-refractivity contribution in [3.05, 3.63) is 23.8 Å². The minimum atomic E-state index is 0.0722. The lowest BCUT2D eigenvalue weighted by atomic mass is 10.0. The molecule has 2 N–H and O–H groups in total. The van der Waals surface area contributed by atoms with Crippen molar-refractivity contribution in [3.8, 4) is 5.75 Å². The van der Waals surface area contributed by atoms with Crippen LogP contribution in [0.4, 0.5) is 5.69 Å². The average molecular weight is 248 g/mol. The monoisotopic (exact) mass is 248 g/mol. The molecule has 0 bridgehead atoms. The number of ketones is 1. The first-order valence-electron chi connectivity index (χ1n) is 6.29. The van der Waals surface area contributed by atoms with Gasteiger partial charge in [-0.2, -0.15) is 0 Å². The van der Waals surface area contributed by atoms with Crippen LogP contribution >= 0.6 is 0 Å². The van der Waals surface area contributed by atoms with Crippen molar-refractivity contribution >= 4 is 11.5 Å². The van der Waals surface area contributed by atoms with Crippen LogP contribution in [-0.2, 0) is 0 Å². The normalized spacial score (nSPS) is 22.3. The van der Waals surface area contributed by atoms with Crippen LogP contribution in [0.15, 0.2) is 18.2 Å². The van der Waals surface area contributed by atoms with E-state index in [-0.39, 0.29) is 17.9 Å². The minimum absolute atomic E-state index is 0.0722. The summed E-state index contributed by atoms with van der Waals surface area (Å²) in [6.07, 6.45) is 0.940. The minimum Gasteiger partial charge on any atom is -0.486 e. The van der Waals surface area contributed by atoms with Crippen LogP contribution in [0, 0.1) is 0 Å². The van der Waals surface area contributed by atoms with E-state index in [4.69, 9.17) is 10.5 Å². The number of carbonyl (C=O) groups is 1. The molecule has 0 saturated heterocycles. The lowest BCUT2D eigenvalue weighted by molar-refractivity contribution is 0.101. The smallest absolute Gasteiger partial charge is 0.159 e. The summed E-state index contributed by atoms with van der Waals surface area (Å²) < 4.78 is 5.96. The molecule has 2 atom stereocenters. The second-order valence-electron chi connectivity index (χ2n) is 4.82. The van der Waals surface area contributed by atoms with Gasteiger partial charge in [0.1, 0.15) is 11.9 Å². The number of fused-ring (bicyclic) bond motifs is 1. The molecule has 0 amide bonds. The Balaban J connectivity index is 2.36. The van der Waals surface area contributed by atoms with Gasteiger partial charge < -0.3 is 15.4 Å². The van der Waals surface area contributed by atoms with Crippen molar-refractivity contribution in [2.45, 2.75) is 32.4 Å². The van der Waals surface area contributed by atoms with Crippen molar-refractivity contribution in [2.75, 3.05) is 18.5 Å². The maximum absolute atomic E-state index is 11.4. The zero-order valence-electron chi connectivity index (χ0n) is 11.1. The molecule has 0 radical (unpaired) electrons. The number of Topliss-reactive ketones (excluding diaryl/α,β-unsaturated/α-hetero) is 1. The van der Waals surface area contributed by atoms with Gasteiger partial charge in [-0.25, -0.2) is 0 Å². The summed E-state index contributed by atoms with van der Waals surface area (Å²) in [6.45, 7) is 4.31. The van der Waals surface area contributed by atoms with Gasteiger partial charge in [-0.3, -0.25) is 4.79 Å². The quantitative estimate of drug-likeness (QED) is 0.829. The predicted molar refractivity (Wildman–Crippen MR) is 72.4 cm³/mol. The van der Waals surface area contributed by atoms with Gasteiger partial charge in [0, 0.05) is 12.6 Å². The molecule has 1 aromatic rings. The summed E-state index contributed by atoms with van der Waals surface area (Å²) in [7, 11) is 2.03. The Hall–Kier alpha value is -1.55. The van der Waals surface area contributed by atoms with E-state index >= 15 is 0 Å². The van der Waals surface area contributed by atoms with E-state index in [0.29, 0.717) is 12.1 Å². The van der Waals surface area contributed by atoms with Gasteiger partial charge in [-0.05, 0) is 45.0 Å². The third-order valence-electron chi connectivity index (χ3n) is 3.62. The molecule has 0 fully saturated rings. The number of benzene rings is 1. The SMILES string of the molecule is CC(=O)c1ccc2c(c1)N(C)C(C)C(CCN)O2. The summed E-state index contributed by atoms with van der Waals surface area (Å²) in [5.74, 6) is 0.905. The topological polar surface area (TPSA) is 55.6 Å². The van der Waals surface area contributed by atoms with Crippen molar-refractivity contribution in [2.24, 2.45) is 5.73 Å². The van der Waals surface area contributed by atoms with E-state index < -0.39 is 0 Å². The van der Waals surface area contributed by atoms with E-state index in [1.54, 1.807) is 6.92 Å². The third kappa shape index (κ3) is 2.20. The molecular formula is C14H20N2O2. The van der Waals surface area contributed by atoms with Crippen molar-refractivity contribution in [1.82, 2.24) is 0 Å². The third-order valence-corrected chi connectivity index (χ3v) is 3.62. The number of hydrogen-bond acceptors (Lipinski definition) is 4. The van der Waals surface area contributed by atoms with Crippen LogP contribution in [-0.4, -0.2) is 31.5 Å². The number of likely N-dealkylation sites (N-methyl/N-ethyl adjacent to an activating group) is 1. The van der Waals surface area contributed by atoms with Crippen LogP contribution < -0.4 is 15.4 Å². The van der Waals surface area contributed by atoms with Gasteiger partial charge in [0.05, 0.1) is 11.7 Å². The Kier molecular flexibility index (Phi) is 3.57. The Morgan fingerprint density at radius 2 is 2.22 bits per heavy atom. The van der Waals surface area contributed by atoms with E-state index in [9.17, 15) is 4.79 Å². The fraction of sp³-hybridized carbons (Fsp3) is 0.500. The molecule has 1 aliphatic rings. The Bertz CT molecular complexity index is 459. The number of rotatable bonds is 3. The number of carbonyl (C=O) groups excluding carboxylic acids is 1. The van der Waals surface area contributed by atoms with Crippen LogP contribution in [0.25, 0.3) is 0 Å². The molecule has 2 unspecified atom stereocenters. The molecule has 4 nitrogen and oxygen atoms in total. The number of nitrogens with two attached hydrogens (primary N) is 1. The molecule has 0 spiro atoms. The molecule has 18 heavy (non-hydrogen) atoms. The summed E-state index contributed by atoms with van der Waals surface area (Å²) >= 11 is 0. The Labute approximate surface area is 108 Å². The fourth-order valence-electron chi connectivity index (χ4n) is 2.31. The molecule has 0 aromatic heterocycles. The lowest BCUT2D eigenvalue weighted by Gasteiger charge is -2.40. The van der Waals surface area contributed by atoms with E-state index in [1.807, 2.05) is 25.2 Å². The second-order valence-corrected chi connectivity index (χ2v) is 4.82. The van der Waals surface area contributed by atoms with Gasteiger partial charge in [-0.1, -0.05) is 0 Å². The summed E-state index contributed by atoms with van der Waals surface area (Å²) in [5, 5.41) is 0. The largest absolute Gasteiger partial charge is 0.486 e. The molecule has 98 valence electrons. The number of nitrogens with zero attached hydrogens (tertiary/aromatic N) is 1. The number of ether oxygens (including phenoxy) is 1. The Morgan fingerprint density at radius 3 is 2.83 bits per heavy atom. The molecule has 2 rings (SSSR count). The van der Waals surface area contributed by atoms with Gasteiger partial charge in [0.2, 0.25) is 0 Å². The molecule has 4 heteroatoms. The number of hydrogen-bond donors (Lipinski definition) is 1. The van der Waals surface area contributed by atoms with Crippen molar-refractivity contribution < 1.29 is 9.53 Å². The summed E-state index contributed by atoms with van der Waals surface area (Å²) in [6, 6.07) is 5.83. The highest BCUT2D eigenvalue weighted by atomic mass is 16.5. The molecule has 1 heterocycles. The van der Waals surface area contributed by atoms with Crippen LogP contribution in [0.5, 0.6) is 5.75 Å². The molecule has 0 aliphatic carbocycles. The van der Waals surface area contributed by atoms with Gasteiger partial charge >= 0.3 is 0 Å². The zero-order valence-corrected chi connectivity index (χ0v) is 11.1. The molecule has 0 saturated carbocycles. The highest BCUT2D eigenvalue weighted by Gasteiger charge is 2.30. The fourth-order valence-corrected chi connectivity index (χ4v) is 2.31. The molecular weight excluding hydrogens is 228 g/mol.